The molecular formula is C20H36O4S. The van der Waals surface area contributed by atoms with Crippen LogP contribution in [0.5, 0.6) is 0 Å². The highest BCUT2D eigenvalue weighted by molar-refractivity contribution is 7.92. The normalized spacial score (nSPS) is 40.7. The van der Waals surface area contributed by atoms with Crippen LogP contribution in [0.1, 0.15) is 84.0 Å². The second-order valence-corrected chi connectivity index (χ2v) is 11.2. The molecule has 3 aliphatic carbocycles. The van der Waals surface area contributed by atoms with E-state index in [0.717, 1.165) is 57.3 Å². The van der Waals surface area contributed by atoms with Crippen LogP contribution < -0.4 is 0 Å². The van der Waals surface area contributed by atoms with Gasteiger partial charge in [-0.25, -0.2) is 8.42 Å². The first-order valence-electron chi connectivity index (χ1n) is 10.4. The maximum atomic E-state index is 13.0. The SMILES string of the molecule is COC1CCC(S(=O)(=O)C2CCC(OC3CCC(C)CC3)CC2)CC1. The van der Waals surface area contributed by atoms with Crippen molar-refractivity contribution in [3.63, 3.8) is 0 Å². The number of hydrogen-bond acceptors (Lipinski definition) is 4. The van der Waals surface area contributed by atoms with Gasteiger partial charge >= 0.3 is 0 Å². The zero-order chi connectivity index (χ0) is 17.9. The Balaban J connectivity index is 1.45. The smallest absolute Gasteiger partial charge is 0.156 e. The van der Waals surface area contributed by atoms with Crippen molar-refractivity contribution >= 4 is 9.84 Å². The van der Waals surface area contributed by atoms with Crippen LogP contribution in [0.25, 0.3) is 0 Å². The molecule has 0 atom stereocenters. The van der Waals surface area contributed by atoms with Gasteiger partial charge in [0.25, 0.3) is 0 Å². The zero-order valence-corrected chi connectivity index (χ0v) is 16.8. The average molecular weight is 373 g/mol. The van der Waals surface area contributed by atoms with Crippen LogP contribution in [0.3, 0.4) is 0 Å². The van der Waals surface area contributed by atoms with Crippen LogP contribution in [-0.2, 0) is 19.3 Å². The second kappa shape index (κ2) is 8.71. The molecule has 0 heterocycles. The number of sulfone groups is 1. The molecular weight excluding hydrogens is 336 g/mol. The molecule has 25 heavy (non-hydrogen) atoms. The van der Waals surface area contributed by atoms with Crippen molar-refractivity contribution < 1.29 is 17.9 Å². The quantitative estimate of drug-likeness (QED) is 0.723. The average Bonchev–Trinajstić information content (AvgIpc) is 2.64. The van der Waals surface area contributed by atoms with Crippen LogP contribution in [0.2, 0.25) is 0 Å². The molecule has 0 N–H and O–H groups in total. The van der Waals surface area contributed by atoms with Gasteiger partial charge in [-0.05, 0) is 83.0 Å². The molecule has 0 aromatic heterocycles. The summed E-state index contributed by atoms with van der Waals surface area (Å²) < 4.78 is 37.7. The number of hydrogen-bond donors (Lipinski definition) is 0. The van der Waals surface area contributed by atoms with Gasteiger partial charge in [-0.15, -0.1) is 0 Å². The number of methoxy groups -OCH3 is 1. The van der Waals surface area contributed by atoms with E-state index in [4.69, 9.17) is 9.47 Å². The first-order chi connectivity index (χ1) is 12.0. The number of rotatable bonds is 5. The summed E-state index contributed by atoms with van der Waals surface area (Å²) >= 11 is 0. The summed E-state index contributed by atoms with van der Waals surface area (Å²) in [5.74, 6) is 0.842. The predicted molar refractivity (Wildman–Crippen MR) is 101 cm³/mol. The van der Waals surface area contributed by atoms with Crippen molar-refractivity contribution in [2.45, 2.75) is 113 Å². The van der Waals surface area contributed by atoms with Crippen LogP contribution >= 0.6 is 0 Å². The van der Waals surface area contributed by atoms with Crippen LogP contribution in [-0.4, -0.2) is 44.3 Å². The lowest BCUT2D eigenvalue weighted by Gasteiger charge is -2.36. The Morgan fingerprint density at radius 1 is 0.640 bits per heavy atom. The minimum atomic E-state index is -2.99. The lowest BCUT2D eigenvalue weighted by atomic mass is 9.88. The third-order valence-corrected chi connectivity index (χ3v) is 9.65. The third-order valence-electron chi connectivity index (χ3n) is 6.85. The Kier molecular flexibility index (Phi) is 6.83. The fraction of sp³-hybridized carbons (Fsp3) is 1.00. The predicted octanol–water partition coefficient (Wildman–Crippen LogP) is 4.27. The maximum absolute atomic E-state index is 13.0. The summed E-state index contributed by atoms with van der Waals surface area (Å²) in [6.45, 7) is 2.33. The second-order valence-electron chi connectivity index (χ2n) is 8.64. The van der Waals surface area contributed by atoms with Gasteiger partial charge in [0.1, 0.15) is 0 Å². The molecule has 3 aliphatic rings. The Hall–Kier alpha value is -0.130. The summed E-state index contributed by atoms with van der Waals surface area (Å²) in [5.41, 5.74) is 0. The van der Waals surface area contributed by atoms with E-state index in [1.54, 1.807) is 7.11 Å². The van der Waals surface area contributed by atoms with Gasteiger partial charge in [0, 0.05) is 7.11 Å². The van der Waals surface area contributed by atoms with E-state index in [1.807, 2.05) is 0 Å². The molecule has 0 aromatic carbocycles. The van der Waals surface area contributed by atoms with Crippen molar-refractivity contribution in [3.8, 4) is 0 Å². The lowest BCUT2D eigenvalue weighted by Crippen LogP contribution is -2.39. The summed E-state index contributed by atoms with van der Waals surface area (Å²) in [5, 5.41) is -0.274. The topological polar surface area (TPSA) is 52.6 Å². The molecule has 0 unspecified atom stereocenters. The summed E-state index contributed by atoms with van der Waals surface area (Å²) in [6, 6.07) is 0. The highest BCUT2D eigenvalue weighted by Gasteiger charge is 2.39. The Labute approximate surface area is 154 Å². The molecule has 0 bridgehead atoms. The fourth-order valence-electron chi connectivity index (χ4n) is 5.00. The van der Waals surface area contributed by atoms with Gasteiger partial charge in [0.2, 0.25) is 0 Å². The Bertz CT molecular complexity index is 494. The summed E-state index contributed by atoms with van der Waals surface area (Å²) in [6.07, 6.45) is 12.6. The molecule has 0 saturated heterocycles. The van der Waals surface area contributed by atoms with Gasteiger partial charge in [-0.1, -0.05) is 6.92 Å². The van der Waals surface area contributed by atoms with Gasteiger partial charge < -0.3 is 9.47 Å². The van der Waals surface area contributed by atoms with Gasteiger partial charge in [-0.3, -0.25) is 0 Å². The molecule has 4 nitrogen and oxygen atoms in total. The molecule has 3 saturated carbocycles. The summed E-state index contributed by atoms with van der Waals surface area (Å²) in [4.78, 5) is 0. The van der Waals surface area contributed by atoms with E-state index in [2.05, 4.69) is 6.92 Å². The Morgan fingerprint density at radius 3 is 1.48 bits per heavy atom. The zero-order valence-electron chi connectivity index (χ0n) is 16.0. The van der Waals surface area contributed by atoms with Crippen molar-refractivity contribution in [2.75, 3.05) is 7.11 Å². The minimum absolute atomic E-state index is 0.136. The minimum Gasteiger partial charge on any atom is -0.381 e. The van der Waals surface area contributed by atoms with Crippen LogP contribution in [0.15, 0.2) is 0 Å². The Morgan fingerprint density at radius 2 is 1.04 bits per heavy atom. The maximum Gasteiger partial charge on any atom is 0.156 e. The van der Waals surface area contributed by atoms with Gasteiger partial charge in [0.15, 0.2) is 9.84 Å². The highest BCUT2D eigenvalue weighted by Crippen LogP contribution is 2.35. The van der Waals surface area contributed by atoms with Crippen LogP contribution in [0, 0.1) is 5.92 Å². The van der Waals surface area contributed by atoms with Crippen molar-refractivity contribution in [1.82, 2.24) is 0 Å². The molecule has 0 radical (unpaired) electrons. The molecule has 0 aromatic rings. The molecule has 0 spiro atoms. The van der Waals surface area contributed by atoms with Crippen molar-refractivity contribution in [2.24, 2.45) is 5.92 Å². The van der Waals surface area contributed by atoms with E-state index < -0.39 is 9.84 Å². The van der Waals surface area contributed by atoms with E-state index in [1.165, 1.54) is 25.7 Å². The van der Waals surface area contributed by atoms with Crippen molar-refractivity contribution in [1.29, 1.82) is 0 Å². The molecule has 3 fully saturated rings. The summed E-state index contributed by atoms with van der Waals surface area (Å²) in [7, 11) is -1.26. The van der Waals surface area contributed by atoms with Crippen molar-refractivity contribution in [3.05, 3.63) is 0 Å². The lowest BCUT2D eigenvalue weighted by molar-refractivity contribution is -0.0495. The van der Waals surface area contributed by atoms with Gasteiger partial charge in [-0.2, -0.15) is 0 Å². The monoisotopic (exact) mass is 372 g/mol. The fourth-order valence-corrected chi connectivity index (χ4v) is 7.41. The third kappa shape index (κ3) is 4.98. The standard InChI is InChI=1S/C20H36O4S/c1-15-3-5-17(6-4-15)24-18-9-13-20(14-10-18)25(21,22)19-11-7-16(23-2)8-12-19/h15-20H,3-14H2,1-2H3. The molecule has 0 aliphatic heterocycles. The molecule has 5 heteroatoms. The first kappa shape index (κ1) is 19.6. The van der Waals surface area contributed by atoms with E-state index in [9.17, 15) is 8.42 Å². The van der Waals surface area contributed by atoms with E-state index in [0.29, 0.717) is 6.10 Å². The van der Waals surface area contributed by atoms with E-state index in [-0.39, 0.29) is 22.7 Å². The first-order valence-corrected chi connectivity index (χ1v) is 12.0. The van der Waals surface area contributed by atoms with Crippen LogP contribution in [0.4, 0.5) is 0 Å². The highest BCUT2D eigenvalue weighted by atomic mass is 32.2. The number of ether oxygens (including phenoxy) is 2. The molecule has 0 amide bonds. The van der Waals surface area contributed by atoms with Gasteiger partial charge in [0.05, 0.1) is 28.8 Å². The molecule has 3 rings (SSSR count). The largest absolute Gasteiger partial charge is 0.381 e. The molecule has 146 valence electrons. The van der Waals surface area contributed by atoms with E-state index >= 15 is 0 Å².